The van der Waals surface area contributed by atoms with E-state index in [9.17, 15) is 13.2 Å². The number of rotatable bonds is 3. The van der Waals surface area contributed by atoms with Crippen molar-refractivity contribution in [2.75, 3.05) is 0 Å². The predicted octanol–water partition coefficient (Wildman–Crippen LogP) is 2.37. The highest BCUT2D eigenvalue weighted by Gasteiger charge is 2.18. The van der Waals surface area contributed by atoms with Crippen molar-refractivity contribution >= 4 is 25.6 Å². The molecule has 0 atom stereocenters. The molecule has 1 aromatic rings. The molecule has 0 spiro atoms. The maximum absolute atomic E-state index is 12.0. The second kappa shape index (κ2) is 5.28. The molecule has 0 heterocycles. The van der Waals surface area contributed by atoms with Crippen LogP contribution >= 0.6 is 10.7 Å². The summed E-state index contributed by atoms with van der Waals surface area (Å²) in [4.78, 5) is 11.9. The molecule has 0 radical (unpaired) electrons. The Labute approximate surface area is 112 Å². The molecule has 0 unspecified atom stereocenters. The number of benzene rings is 1. The zero-order valence-electron chi connectivity index (χ0n) is 10.7. The standard InChI is InChI=1S/C12H16ClNO3S/c1-7(2)14-12(15)11-6-10(18(13,16)17)5-8(3)9(11)4/h5-7H,1-4H3,(H,14,15). The van der Waals surface area contributed by atoms with Crippen molar-refractivity contribution in [3.8, 4) is 0 Å². The van der Waals surface area contributed by atoms with E-state index in [0.29, 0.717) is 11.1 Å². The van der Waals surface area contributed by atoms with Gasteiger partial charge in [0.2, 0.25) is 0 Å². The lowest BCUT2D eigenvalue weighted by molar-refractivity contribution is 0.0942. The highest BCUT2D eigenvalue weighted by atomic mass is 35.7. The van der Waals surface area contributed by atoms with Gasteiger partial charge in [0.1, 0.15) is 0 Å². The number of carbonyl (C=O) groups excluding carboxylic acids is 1. The number of carbonyl (C=O) groups is 1. The van der Waals surface area contributed by atoms with Gasteiger partial charge in [0.15, 0.2) is 0 Å². The van der Waals surface area contributed by atoms with Gasteiger partial charge in [0, 0.05) is 22.3 Å². The second-order valence-corrected chi connectivity index (χ2v) is 7.04. The maximum atomic E-state index is 12.0. The largest absolute Gasteiger partial charge is 0.350 e. The summed E-state index contributed by atoms with van der Waals surface area (Å²) in [6, 6.07) is 2.75. The Morgan fingerprint density at radius 3 is 2.28 bits per heavy atom. The van der Waals surface area contributed by atoms with E-state index < -0.39 is 9.05 Å². The van der Waals surface area contributed by atoms with Crippen molar-refractivity contribution in [2.24, 2.45) is 0 Å². The Kier molecular flexibility index (Phi) is 4.40. The van der Waals surface area contributed by atoms with Gasteiger partial charge in [-0.1, -0.05) is 0 Å². The molecule has 0 aromatic heterocycles. The number of amides is 1. The van der Waals surface area contributed by atoms with Crippen molar-refractivity contribution in [2.45, 2.75) is 38.6 Å². The predicted molar refractivity (Wildman–Crippen MR) is 71.6 cm³/mol. The Morgan fingerprint density at radius 2 is 1.83 bits per heavy atom. The lowest BCUT2D eigenvalue weighted by Gasteiger charge is -2.13. The van der Waals surface area contributed by atoms with E-state index >= 15 is 0 Å². The average molecular weight is 290 g/mol. The molecule has 0 saturated heterocycles. The highest BCUT2D eigenvalue weighted by Crippen LogP contribution is 2.22. The van der Waals surface area contributed by atoms with Gasteiger partial charge < -0.3 is 5.32 Å². The summed E-state index contributed by atoms with van der Waals surface area (Å²) >= 11 is 0. The van der Waals surface area contributed by atoms with Crippen LogP contribution in [0, 0.1) is 13.8 Å². The van der Waals surface area contributed by atoms with Gasteiger partial charge in [-0.15, -0.1) is 0 Å². The number of nitrogens with one attached hydrogen (secondary N) is 1. The van der Waals surface area contributed by atoms with Gasteiger partial charge in [-0.3, -0.25) is 4.79 Å². The Balaban J connectivity index is 3.36. The monoisotopic (exact) mass is 289 g/mol. The summed E-state index contributed by atoms with van der Waals surface area (Å²) in [7, 11) is 1.47. The number of halogens is 1. The third-order valence-electron chi connectivity index (χ3n) is 2.59. The first-order valence-corrected chi connectivity index (χ1v) is 7.80. The van der Waals surface area contributed by atoms with Gasteiger partial charge in [-0.25, -0.2) is 8.42 Å². The topological polar surface area (TPSA) is 63.2 Å². The van der Waals surface area contributed by atoms with Gasteiger partial charge in [-0.2, -0.15) is 0 Å². The van der Waals surface area contributed by atoms with Crippen molar-refractivity contribution in [1.29, 1.82) is 0 Å². The average Bonchev–Trinajstić information content (AvgIpc) is 2.18. The normalized spacial score (nSPS) is 11.7. The van der Waals surface area contributed by atoms with Crippen molar-refractivity contribution in [3.05, 3.63) is 28.8 Å². The van der Waals surface area contributed by atoms with Gasteiger partial charge >= 0.3 is 0 Å². The minimum Gasteiger partial charge on any atom is -0.350 e. The Hall–Kier alpha value is -1.07. The molecular weight excluding hydrogens is 274 g/mol. The van der Waals surface area contributed by atoms with E-state index in [2.05, 4.69) is 5.32 Å². The van der Waals surface area contributed by atoms with Crippen LogP contribution in [0.1, 0.15) is 35.3 Å². The van der Waals surface area contributed by atoms with Crippen molar-refractivity contribution < 1.29 is 13.2 Å². The fraction of sp³-hybridized carbons (Fsp3) is 0.417. The third-order valence-corrected chi connectivity index (χ3v) is 3.92. The maximum Gasteiger partial charge on any atom is 0.261 e. The van der Waals surface area contributed by atoms with Crippen LogP contribution < -0.4 is 5.32 Å². The molecule has 1 amide bonds. The number of hydrogen-bond acceptors (Lipinski definition) is 3. The summed E-state index contributed by atoms with van der Waals surface area (Å²) in [6.45, 7) is 7.19. The molecule has 1 rings (SSSR count). The molecule has 18 heavy (non-hydrogen) atoms. The van der Waals surface area contributed by atoms with E-state index in [1.165, 1.54) is 12.1 Å². The molecule has 6 heteroatoms. The molecule has 0 aliphatic carbocycles. The number of aryl methyl sites for hydroxylation is 1. The molecule has 100 valence electrons. The van der Waals surface area contributed by atoms with Crippen molar-refractivity contribution in [1.82, 2.24) is 5.32 Å². The van der Waals surface area contributed by atoms with Gasteiger partial charge in [0.05, 0.1) is 4.90 Å². The van der Waals surface area contributed by atoms with Crippen LogP contribution in [-0.2, 0) is 9.05 Å². The van der Waals surface area contributed by atoms with E-state index in [1.807, 2.05) is 13.8 Å². The zero-order chi connectivity index (χ0) is 14.1. The van der Waals surface area contributed by atoms with E-state index in [4.69, 9.17) is 10.7 Å². The SMILES string of the molecule is Cc1cc(S(=O)(=O)Cl)cc(C(=O)NC(C)C)c1C. The fourth-order valence-electron chi connectivity index (χ4n) is 1.54. The van der Waals surface area contributed by atoms with Crippen LogP contribution in [0.25, 0.3) is 0 Å². The summed E-state index contributed by atoms with van der Waals surface area (Å²) in [5.41, 5.74) is 1.80. The van der Waals surface area contributed by atoms with Crippen LogP contribution in [0.15, 0.2) is 17.0 Å². The third kappa shape index (κ3) is 3.46. The summed E-state index contributed by atoms with van der Waals surface area (Å²) in [6.07, 6.45) is 0. The molecule has 0 saturated carbocycles. The quantitative estimate of drug-likeness (QED) is 0.869. The van der Waals surface area contributed by atoms with Crippen LogP contribution in [0.2, 0.25) is 0 Å². The van der Waals surface area contributed by atoms with Gasteiger partial charge in [-0.05, 0) is 51.0 Å². The summed E-state index contributed by atoms with van der Waals surface area (Å²) in [5.74, 6) is -0.298. The molecule has 4 nitrogen and oxygen atoms in total. The molecule has 0 bridgehead atoms. The molecule has 1 N–H and O–H groups in total. The molecule has 1 aromatic carbocycles. The minimum absolute atomic E-state index is 0.0199. The zero-order valence-corrected chi connectivity index (χ0v) is 12.3. The molecular formula is C12H16ClNO3S. The molecule has 0 aliphatic rings. The first kappa shape index (κ1) is 15.0. The van der Waals surface area contributed by atoms with Crippen molar-refractivity contribution in [3.63, 3.8) is 0 Å². The highest BCUT2D eigenvalue weighted by molar-refractivity contribution is 8.13. The smallest absolute Gasteiger partial charge is 0.261 e. The lowest BCUT2D eigenvalue weighted by Crippen LogP contribution is -2.30. The van der Waals surface area contributed by atoms with E-state index in [1.54, 1.807) is 13.8 Å². The van der Waals surface area contributed by atoms with Gasteiger partial charge in [0.25, 0.3) is 15.0 Å². The lowest BCUT2D eigenvalue weighted by atomic mass is 10.0. The summed E-state index contributed by atoms with van der Waals surface area (Å²) in [5, 5.41) is 2.73. The molecule has 0 aliphatic heterocycles. The van der Waals surface area contributed by atoms with Crippen LogP contribution in [0.3, 0.4) is 0 Å². The fourth-order valence-corrected chi connectivity index (χ4v) is 2.39. The second-order valence-electron chi connectivity index (χ2n) is 4.48. The van der Waals surface area contributed by atoms with E-state index in [0.717, 1.165) is 5.56 Å². The first-order valence-electron chi connectivity index (χ1n) is 5.49. The van der Waals surface area contributed by atoms with Crippen LogP contribution in [-0.4, -0.2) is 20.4 Å². The molecule has 0 fully saturated rings. The van der Waals surface area contributed by atoms with Crippen LogP contribution in [0.4, 0.5) is 0 Å². The first-order chi connectivity index (χ1) is 8.12. The Bertz CT molecular complexity index is 579. The van der Waals surface area contributed by atoms with E-state index in [-0.39, 0.29) is 16.8 Å². The number of hydrogen-bond donors (Lipinski definition) is 1. The van der Waals surface area contributed by atoms with Crippen LogP contribution in [0.5, 0.6) is 0 Å². The Morgan fingerprint density at radius 1 is 1.28 bits per heavy atom. The minimum atomic E-state index is -3.83. The summed E-state index contributed by atoms with van der Waals surface area (Å²) < 4.78 is 22.7.